The molecule has 3 heterocycles. The van der Waals surface area contributed by atoms with E-state index in [2.05, 4.69) is 35.4 Å². The second kappa shape index (κ2) is 11.0. The Bertz CT molecular complexity index is 1310. The molecule has 5 rings (SSSR count). The number of anilines is 1. The van der Waals surface area contributed by atoms with Crippen molar-refractivity contribution in [1.82, 2.24) is 15.2 Å². The smallest absolute Gasteiger partial charge is 0.175 e. The number of carbonyl (C=O) groups is 1. The van der Waals surface area contributed by atoms with Gasteiger partial charge in [-0.2, -0.15) is 0 Å². The summed E-state index contributed by atoms with van der Waals surface area (Å²) in [6, 6.07) is 12.4. The first-order valence-corrected chi connectivity index (χ1v) is 14.4. The molecule has 1 N–H and O–H groups in total. The maximum absolute atomic E-state index is 13.6. The highest BCUT2D eigenvalue weighted by Crippen LogP contribution is 2.39. The van der Waals surface area contributed by atoms with E-state index < -0.39 is 0 Å². The second-order valence-corrected chi connectivity index (χ2v) is 11.4. The van der Waals surface area contributed by atoms with Crippen molar-refractivity contribution < 1.29 is 4.79 Å². The number of carbonyl (C=O) groups excluding carboxylic acids is 1. The highest BCUT2D eigenvalue weighted by Gasteiger charge is 2.24. The fourth-order valence-electron chi connectivity index (χ4n) is 4.67. The van der Waals surface area contributed by atoms with E-state index in [0.29, 0.717) is 6.42 Å². The van der Waals surface area contributed by atoms with E-state index in [1.807, 2.05) is 30.3 Å². The molecule has 182 valence electrons. The Morgan fingerprint density at radius 2 is 1.91 bits per heavy atom. The number of fused-ring (bicyclic) bond motifs is 2. The molecule has 0 radical (unpaired) electrons. The number of aryl methyl sites for hydroxylation is 2. The predicted octanol–water partition coefficient (Wildman–Crippen LogP) is 7.67. The molecule has 35 heavy (non-hydrogen) atoms. The number of rotatable bonds is 9. The van der Waals surface area contributed by atoms with Crippen LogP contribution in [-0.2, 0) is 12.8 Å². The Hall–Kier alpha value is -2.64. The van der Waals surface area contributed by atoms with Gasteiger partial charge in [0.1, 0.15) is 14.8 Å². The Morgan fingerprint density at radius 3 is 2.74 bits per heavy atom. The number of benzene rings is 1. The summed E-state index contributed by atoms with van der Waals surface area (Å²) in [6.07, 6.45) is 8.43. The zero-order valence-corrected chi connectivity index (χ0v) is 22.1. The SMILES string of the molecule is CCCCNc1c(C(=O)CC(C)c2nnc(-c3ccccc3)s2)sc2nc3c(cc12)CCCCC3. The van der Waals surface area contributed by atoms with Gasteiger partial charge in [0.05, 0.1) is 10.6 Å². The van der Waals surface area contributed by atoms with Crippen molar-refractivity contribution in [3.63, 3.8) is 0 Å². The molecule has 0 spiro atoms. The highest BCUT2D eigenvalue weighted by atomic mass is 32.1. The average Bonchev–Trinajstić information content (AvgIpc) is 3.43. The predicted molar refractivity (Wildman–Crippen MR) is 147 cm³/mol. The van der Waals surface area contributed by atoms with Crippen molar-refractivity contribution >= 4 is 44.4 Å². The zero-order valence-electron chi connectivity index (χ0n) is 20.5. The summed E-state index contributed by atoms with van der Waals surface area (Å²) >= 11 is 3.13. The first-order chi connectivity index (χ1) is 17.1. The van der Waals surface area contributed by atoms with Crippen LogP contribution >= 0.6 is 22.7 Å². The van der Waals surface area contributed by atoms with Crippen LogP contribution in [0.4, 0.5) is 5.69 Å². The van der Waals surface area contributed by atoms with Crippen LogP contribution in [0.2, 0.25) is 0 Å². The molecule has 0 fully saturated rings. The minimum absolute atomic E-state index is 0.0100. The van der Waals surface area contributed by atoms with Crippen LogP contribution in [-0.4, -0.2) is 27.5 Å². The van der Waals surface area contributed by atoms with Gasteiger partial charge in [-0.1, -0.05) is 68.4 Å². The number of Topliss-reactive ketones (excluding diaryl/α,β-unsaturated/α-hetero) is 1. The van der Waals surface area contributed by atoms with Gasteiger partial charge in [0, 0.05) is 35.5 Å². The van der Waals surface area contributed by atoms with Gasteiger partial charge in [-0.3, -0.25) is 4.79 Å². The molecule has 1 atom stereocenters. The van der Waals surface area contributed by atoms with Crippen molar-refractivity contribution in [3.05, 3.63) is 57.5 Å². The molecule has 0 saturated carbocycles. The third kappa shape index (κ3) is 5.31. The van der Waals surface area contributed by atoms with Crippen LogP contribution in [0.3, 0.4) is 0 Å². The maximum Gasteiger partial charge on any atom is 0.175 e. The zero-order chi connectivity index (χ0) is 24.2. The molecule has 7 heteroatoms. The van der Waals surface area contributed by atoms with Gasteiger partial charge < -0.3 is 5.32 Å². The fraction of sp³-hybridized carbons (Fsp3) is 0.429. The molecule has 5 nitrogen and oxygen atoms in total. The van der Waals surface area contributed by atoms with Crippen LogP contribution in [0.25, 0.3) is 20.8 Å². The molecule has 4 aromatic rings. The molecule has 0 saturated heterocycles. The first-order valence-electron chi connectivity index (χ1n) is 12.7. The van der Waals surface area contributed by atoms with Gasteiger partial charge in [0.25, 0.3) is 0 Å². The van der Waals surface area contributed by atoms with Gasteiger partial charge >= 0.3 is 0 Å². The minimum atomic E-state index is 0.0100. The number of nitrogens with zero attached hydrogens (tertiary/aromatic N) is 3. The number of unbranched alkanes of at least 4 members (excludes halogenated alkanes) is 1. The molecule has 0 aliphatic heterocycles. The Morgan fingerprint density at radius 1 is 1.09 bits per heavy atom. The fourth-order valence-corrected chi connectivity index (χ4v) is 6.67. The van der Waals surface area contributed by atoms with E-state index >= 15 is 0 Å². The third-order valence-electron chi connectivity index (χ3n) is 6.67. The Balaban J connectivity index is 1.42. The third-order valence-corrected chi connectivity index (χ3v) is 9.02. The summed E-state index contributed by atoms with van der Waals surface area (Å²) in [5.41, 5.74) is 4.64. The Labute approximate surface area is 215 Å². The number of thiophene rings is 1. The van der Waals surface area contributed by atoms with Gasteiger partial charge in [-0.15, -0.1) is 21.5 Å². The van der Waals surface area contributed by atoms with Gasteiger partial charge in [-0.05, 0) is 43.7 Å². The largest absolute Gasteiger partial charge is 0.383 e. The lowest BCUT2D eigenvalue weighted by Crippen LogP contribution is -2.08. The highest BCUT2D eigenvalue weighted by molar-refractivity contribution is 7.21. The van der Waals surface area contributed by atoms with Crippen LogP contribution in [0.15, 0.2) is 36.4 Å². The van der Waals surface area contributed by atoms with Crippen LogP contribution in [0, 0.1) is 0 Å². The van der Waals surface area contributed by atoms with Gasteiger partial charge in [0.2, 0.25) is 0 Å². The summed E-state index contributed by atoms with van der Waals surface area (Å²) in [6.45, 7) is 5.13. The molecule has 0 bridgehead atoms. The van der Waals surface area contributed by atoms with Crippen molar-refractivity contribution in [2.75, 3.05) is 11.9 Å². The number of nitrogens with one attached hydrogen (secondary N) is 1. The molecular formula is C28H32N4OS2. The second-order valence-electron chi connectivity index (χ2n) is 9.43. The van der Waals surface area contributed by atoms with Crippen LogP contribution in [0.1, 0.15) is 84.2 Å². The van der Waals surface area contributed by atoms with Crippen molar-refractivity contribution in [2.45, 2.75) is 71.1 Å². The van der Waals surface area contributed by atoms with Crippen LogP contribution in [0.5, 0.6) is 0 Å². The van der Waals surface area contributed by atoms with E-state index in [4.69, 9.17) is 4.98 Å². The minimum Gasteiger partial charge on any atom is -0.383 e. The maximum atomic E-state index is 13.6. The van der Waals surface area contributed by atoms with E-state index in [-0.39, 0.29) is 11.7 Å². The average molecular weight is 505 g/mol. The Kier molecular flexibility index (Phi) is 7.54. The number of ketones is 1. The van der Waals surface area contributed by atoms with E-state index in [1.54, 1.807) is 22.7 Å². The molecule has 1 aromatic carbocycles. The normalized spacial score (nSPS) is 14.5. The van der Waals surface area contributed by atoms with Crippen LogP contribution < -0.4 is 5.32 Å². The van der Waals surface area contributed by atoms with Crippen molar-refractivity contribution in [3.8, 4) is 10.6 Å². The summed E-state index contributed by atoms with van der Waals surface area (Å²) in [5, 5.41) is 15.3. The van der Waals surface area contributed by atoms with Crippen molar-refractivity contribution in [2.24, 2.45) is 0 Å². The molecule has 1 aliphatic carbocycles. The number of hydrogen-bond donors (Lipinski definition) is 1. The number of aromatic nitrogens is 3. The van der Waals surface area contributed by atoms with Gasteiger partial charge in [-0.25, -0.2) is 4.98 Å². The summed E-state index contributed by atoms with van der Waals surface area (Å²) in [7, 11) is 0. The van der Waals surface area contributed by atoms with E-state index in [9.17, 15) is 4.79 Å². The number of pyridine rings is 1. The standard InChI is InChI=1S/C28H32N4OS2/c1-3-4-15-29-24-21-17-20-13-9-6-10-14-22(20)30-28(21)34-25(24)23(33)16-18(2)26-31-32-27(35-26)19-11-7-5-8-12-19/h5,7-8,11-12,17-18,29H,3-4,6,9-10,13-16H2,1-2H3. The lowest BCUT2D eigenvalue weighted by Gasteiger charge is -2.10. The summed E-state index contributed by atoms with van der Waals surface area (Å²) in [5.74, 6) is 0.169. The quantitative estimate of drug-likeness (QED) is 0.144. The molecule has 0 amide bonds. The van der Waals surface area contributed by atoms with E-state index in [0.717, 1.165) is 68.6 Å². The first kappa shape index (κ1) is 24.1. The molecule has 3 aromatic heterocycles. The number of hydrogen-bond acceptors (Lipinski definition) is 7. The lowest BCUT2D eigenvalue weighted by atomic mass is 10.0. The summed E-state index contributed by atoms with van der Waals surface area (Å²) < 4.78 is 0. The summed E-state index contributed by atoms with van der Waals surface area (Å²) in [4.78, 5) is 20.4. The van der Waals surface area contributed by atoms with E-state index in [1.165, 1.54) is 30.5 Å². The molecule has 1 aliphatic rings. The molecule has 1 unspecified atom stereocenters. The molecular weight excluding hydrogens is 472 g/mol. The van der Waals surface area contributed by atoms with Gasteiger partial charge in [0.15, 0.2) is 5.78 Å². The topological polar surface area (TPSA) is 67.8 Å². The van der Waals surface area contributed by atoms with Crippen molar-refractivity contribution in [1.29, 1.82) is 0 Å². The lowest BCUT2D eigenvalue weighted by molar-refractivity contribution is 0.0980. The monoisotopic (exact) mass is 504 g/mol.